The Hall–Kier alpha value is 1.36. The number of aliphatic hydroxyl groups is 2. The Morgan fingerprint density at radius 2 is 1.20 bits per heavy atom. The Balaban J connectivity index is -0.0000000910. The molecule has 0 aromatic heterocycles. The molecule has 0 aromatic rings. The maximum atomic E-state index is 8.52. The van der Waals surface area contributed by atoms with E-state index in [1.54, 1.807) is 0 Å². The van der Waals surface area contributed by atoms with Crippen LogP contribution in [0.2, 0.25) is 0 Å². The molecule has 8 heteroatoms. The molecule has 0 spiro atoms. The molecule has 0 aliphatic carbocycles. The van der Waals surface area contributed by atoms with Gasteiger partial charge in [0.1, 0.15) is 0 Å². The predicted molar refractivity (Wildman–Crippen MR) is 30.4 cm³/mol. The molecule has 0 rings (SSSR count). The molecule has 0 saturated heterocycles. The van der Waals surface area contributed by atoms with Crippen LogP contribution in [-0.2, 0) is 10.4 Å². The Labute approximate surface area is 98.9 Å². The number of rotatable bonds is 1. The molecular weight excluding hydrogens is 289 g/mol. The summed E-state index contributed by atoms with van der Waals surface area (Å²) in [6.45, 7) is -0.250. The normalized spacial score (nSPS) is 8.80. The van der Waals surface area contributed by atoms with Gasteiger partial charge >= 0.3 is 48.9 Å². The fraction of sp³-hybridized carbons (Fsp3) is 1.00. The molecule has 0 radical (unpaired) electrons. The van der Waals surface area contributed by atoms with Gasteiger partial charge in [-0.1, -0.05) is 0 Å². The molecule has 0 heterocycles. The molecule has 0 fully saturated rings. The second kappa shape index (κ2) is 10.4. The number of hydrogen-bond donors (Lipinski definition) is 2. The van der Waals surface area contributed by atoms with Gasteiger partial charge in [-0.15, -0.1) is 0 Å². The fourth-order valence-electron chi connectivity index (χ4n) is 0. The Kier molecular flexibility index (Phi) is 18.1. The minimum Gasteiger partial charge on any atom is -0.759 e. The van der Waals surface area contributed by atoms with Crippen molar-refractivity contribution in [2.75, 3.05) is 13.2 Å². The van der Waals surface area contributed by atoms with Crippen molar-refractivity contribution in [2.24, 2.45) is 0 Å². The maximum Gasteiger partial charge on any atom is 2.00 e. The molecule has 2 N–H and O–H groups in total. The molecule has 0 aromatic carbocycles. The average molecular weight is 295 g/mol. The van der Waals surface area contributed by atoms with Gasteiger partial charge in [0.15, 0.2) is 0 Å². The standard InChI is InChI=1S/C2H6O2.Ba.H2O4S/c3-1-2-4;;1-5(2,3)4/h3-4H,1-2H2;;(H2,1,2,3,4)/q;+2;/p-2. The van der Waals surface area contributed by atoms with Crippen molar-refractivity contribution in [1.29, 1.82) is 0 Å². The fourth-order valence-corrected chi connectivity index (χ4v) is 0. The van der Waals surface area contributed by atoms with Crippen LogP contribution in [0.4, 0.5) is 0 Å². The van der Waals surface area contributed by atoms with Crippen molar-refractivity contribution in [3.63, 3.8) is 0 Å². The first-order chi connectivity index (χ1) is 3.91. The van der Waals surface area contributed by atoms with Crippen molar-refractivity contribution >= 4 is 59.3 Å². The van der Waals surface area contributed by atoms with Gasteiger partial charge in [-0.3, -0.25) is 8.42 Å². The van der Waals surface area contributed by atoms with E-state index < -0.39 is 10.4 Å². The van der Waals surface area contributed by atoms with Gasteiger partial charge < -0.3 is 19.3 Å². The van der Waals surface area contributed by atoms with E-state index in [1.807, 2.05) is 0 Å². The molecule has 6 nitrogen and oxygen atoms in total. The summed E-state index contributed by atoms with van der Waals surface area (Å²) in [5.41, 5.74) is 0. The third kappa shape index (κ3) is 117. The summed E-state index contributed by atoms with van der Waals surface area (Å²) in [4.78, 5) is 0. The largest absolute Gasteiger partial charge is 2.00 e. The summed E-state index contributed by atoms with van der Waals surface area (Å²) >= 11 is 0. The molecule has 0 unspecified atom stereocenters. The quantitative estimate of drug-likeness (QED) is 0.307. The van der Waals surface area contributed by atoms with Gasteiger partial charge in [0.2, 0.25) is 0 Å². The Morgan fingerprint density at radius 1 is 1.10 bits per heavy atom. The summed E-state index contributed by atoms with van der Waals surface area (Å²) in [5, 5.41) is 15.2. The van der Waals surface area contributed by atoms with Gasteiger partial charge in [0, 0.05) is 10.4 Å². The van der Waals surface area contributed by atoms with Crippen molar-refractivity contribution < 1.29 is 27.7 Å². The molecule has 0 aliphatic rings. The smallest absolute Gasteiger partial charge is 0.759 e. The molecule has 58 valence electrons. The molecule has 10 heavy (non-hydrogen) atoms. The Morgan fingerprint density at radius 3 is 1.20 bits per heavy atom. The summed E-state index contributed by atoms with van der Waals surface area (Å²) < 4.78 is 34.1. The molecule has 0 bridgehead atoms. The van der Waals surface area contributed by atoms with E-state index in [0.29, 0.717) is 0 Å². The van der Waals surface area contributed by atoms with E-state index in [9.17, 15) is 0 Å². The van der Waals surface area contributed by atoms with Gasteiger partial charge in [-0.25, -0.2) is 0 Å². The second-order valence-corrected chi connectivity index (χ2v) is 1.67. The van der Waals surface area contributed by atoms with E-state index in [1.165, 1.54) is 0 Å². The zero-order valence-electron chi connectivity index (χ0n) is 5.06. The molecule has 0 atom stereocenters. The van der Waals surface area contributed by atoms with Crippen LogP contribution >= 0.6 is 0 Å². The summed E-state index contributed by atoms with van der Waals surface area (Å²) in [5.74, 6) is 0. The van der Waals surface area contributed by atoms with Crippen molar-refractivity contribution in [3.8, 4) is 0 Å². The summed E-state index contributed by atoms with van der Waals surface area (Å²) in [6.07, 6.45) is 0. The first-order valence-corrected chi connectivity index (χ1v) is 3.13. The second-order valence-electron chi connectivity index (χ2n) is 0.855. The third-order valence-electron chi connectivity index (χ3n) is 0.1000. The average Bonchev–Trinajstić information content (AvgIpc) is 1.61. The SMILES string of the molecule is O=S(=O)([O-])[O-].OCCO.[Ba+2]. The zero-order chi connectivity index (χ0) is 7.91. The zero-order valence-corrected chi connectivity index (χ0v) is 10.3. The monoisotopic (exact) mass is 296 g/mol. The third-order valence-corrected chi connectivity index (χ3v) is 0.1000. The number of hydrogen-bond acceptors (Lipinski definition) is 6. The first kappa shape index (κ1) is 17.4. The van der Waals surface area contributed by atoms with Crippen LogP contribution in [0.3, 0.4) is 0 Å². The van der Waals surface area contributed by atoms with E-state index >= 15 is 0 Å². The molecular formula is C2H6BaO6S. The van der Waals surface area contributed by atoms with Gasteiger partial charge in [-0.2, -0.15) is 0 Å². The van der Waals surface area contributed by atoms with Gasteiger partial charge in [0.25, 0.3) is 0 Å². The van der Waals surface area contributed by atoms with Gasteiger partial charge in [0.05, 0.1) is 13.2 Å². The van der Waals surface area contributed by atoms with Crippen LogP contribution in [0.15, 0.2) is 0 Å². The van der Waals surface area contributed by atoms with Crippen LogP contribution in [0.1, 0.15) is 0 Å². The van der Waals surface area contributed by atoms with E-state index in [-0.39, 0.29) is 62.1 Å². The molecule has 0 saturated carbocycles. The topological polar surface area (TPSA) is 121 Å². The van der Waals surface area contributed by atoms with E-state index in [4.69, 9.17) is 27.7 Å². The first-order valence-electron chi connectivity index (χ1n) is 1.80. The number of aliphatic hydroxyl groups excluding tert-OH is 2. The van der Waals surface area contributed by atoms with Crippen LogP contribution in [-0.4, -0.2) is 89.8 Å². The summed E-state index contributed by atoms with van der Waals surface area (Å²) in [6, 6.07) is 0. The maximum absolute atomic E-state index is 8.52. The van der Waals surface area contributed by atoms with Crippen LogP contribution in [0, 0.1) is 0 Å². The predicted octanol–water partition coefficient (Wildman–Crippen LogP) is -2.75. The molecule has 0 amide bonds. The molecule has 0 aliphatic heterocycles. The summed E-state index contributed by atoms with van der Waals surface area (Å²) in [7, 11) is -5.17. The van der Waals surface area contributed by atoms with E-state index in [2.05, 4.69) is 0 Å². The van der Waals surface area contributed by atoms with Crippen LogP contribution in [0.25, 0.3) is 0 Å². The minimum atomic E-state index is -5.17. The van der Waals surface area contributed by atoms with Crippen molar-refractivity contribution in [1.82, 2.24) is 0 Å². The van der Waals surface area contributed by atoms with Crippen molar-refractivity contribution in [2.45, 2.75) is 0 Å². The van der Waals surface area contributed by atoms with Crippen LogP contribution in [0.5, 0.6) is 0 Å². The Bertz CT molecular complexity index is 119. The minimum absolute atomic E-state index is 0. The van der Waals surface area contributed by atoms with E-state index in [0.717, 1.165) is 0 Å². The van der Waals surface area contributed by atoms with Crippen molar-refractivity contribution in [3.05, 3.63) is 0 Å². The van der Waals surface area contributed by atoms with Crippen LogP contribution < -0.4 is 0 Å². The van der Waals surface area contributed by atoms with Gasteiger partial charge in [-0.05, 0) is 0 Å².